The average molecular weight is 212 g/mol. The topological polar surface area (TPSA) is 74.7 Å². The maximum absolute atomic E-state index is 7.68. The molecule has 1 saturated heterocycles. The second-order valence-electron chi connectivity index (χ2n) is 3.67. The lowest BCUT2D eigenvalue weighted by Gasteiger charge is -2.14. The summed E-state index contributed by atoms with van der Waals surface area (Å²) in [4.78, 5) is 5.82. The van der Waals surface area contributed by atoms with Crippen molar-refractivity contribution in [3.63, 3.8) is 0 Å². The van der Waals surface area contributed by atoms with Crippen molar-refractivity contribution in [1.82, 2.24) is 4.90 Å². The van der Waals surface area contributed by atoms with Gasteiger partial charge in [-0.1, -0.05) is 13.3 Å². The van der Waals surface area contributed by atoms with Gasteiger partial charge in [-0.15, -0.1) is 0 Å². The Morgan fingerprint density at radius 2 is 2.13 bits per heavy atom. The van der Waals surface area contributed by atoms with Crippen LogP contribution in [0, 0.1) is 5.41 Å². The molecule has 1 aliphatic rings. The van der Waals surface area contributed by atoms with Crippen LogP contribution in [-0.2, 0) is 4.74 Å². The van der Waals surface area contributed by atoms with Crippen molar-refractivity contribution >= 4 is 12.0 Å². The molecule has 0 aliphatic carbocycles. The first kappa shape index (κ1) is 11.8. The summed E-state index contributed by atoms with van der Waals surface area (Å²) in [6.45, 7) is 4.48. The van der Waals surface area contributed by atoms with Gasteiger partial charge in [0.05, 0.1) is 6.61 Å². The maximum Gasteiger partial charge on any atom is 0.289 e. The standard InChI is InChI=1S/C10H20N4O/c1-2-3-8-15-10(12)13-9(11)14-6-4-5-7-14/h2-8H2,1H3,(H3,11,12,13). The van der Waals surface area contributed by atoms with E-state index < -0.39 is 0 Å². The number of rotatable bonds is 3. The summed E-state index contributed by atoms with van der Waals surface area (Å²) in [5, 5.41) is 7.68. The van der Waals surface area contributed by atoms with E-state index in [2.05, 4.69) is 11.9 Å². The number of nitrogens with zero attached hydrogens (tertiary/aromatic N) is 2. The number of nitrogens with two attached hydrogens (primary N) is 1. The van der Waals surface area contributed by atoms with Gasteiger partial charge in [-0.25, -0.2) is 0 Å². The van der Waals surface area contributed by atoms with Crippen LogP contribution in [0.25, 0.3) is 0 Å². The molecule has 0 aromatic heterocycles. The van der Waals surface area contributed by atoms with Crippen LogP contribution in [0.3, 0.4) is 0 Å². The molecule has 1 heterocycles. The minimum absolute atomic E-state index is 0.111. The third-order valence-corrected chi connectivity index (χ3v) is 2.37. The number of likely N-dealkylation sites (tertiary alicyclic amines) is 1. The molecule has 0 atom stereocenters. The first-order valence-electron chi connectivity index (χ1n) is 5.54. The predicted molar refractivity (Wildman–Crippen MR) is 61.0 cm³/mol. The normalized spacial score (nSPS) is 16.9. The van der Waals surface area contributed by atoms with E-state index in [-0.39, 0.29) is 12.0 Å². The molecule has 15 heavy (non-hydrogen) atoms. The Morgan fingerprint density at radius 1 is 1.47 bits per heavy atom. The van der Waals surface area contributed by atoms with Crippen molar-refractivity contribution in [2.75, 3.05) is 19.7 Å². The number of hydrogen-bond acceptors (Lipinski definition) is 2. The molecule has 0 aromatic rings. The van der Waals surface area contributed by atoms with Gasteiger partial charge in [0.15, 0.2) is 0 Å². The summed E-state index contributed by atoms with van der Waals surface area (Å²) < 4.78 is 5.17. The zero-order chi connectivity index (χ0) is 11.1. The molecule has 5 nitrogen and oxygen atoms in total. The molecule has 5 heteroatoms. The van der Waals surface area contributed by atoms with E-state index in [0.29, 0.717) is 6.61 Å². The van der Waals surface area contributed by atoms with Gasteiger partial charge in [-0.2, -0.15) is 4.99 Å². The molecule has 0 spiro atoms. The molecule has 0 unspecified atom stereocenters. The van der Waals surface area contributed by atoms with Gasteiger partial charge in [-0.05, 0) is 19.3 Å². The minimum Gasteiger partial charge on any atom is -0.465 e. The summed E-state index contributed by atoms with van der Waals surface area (Å²) in [6, 6.07) is 0.111. The van der Waals surface area contributed by atoms with Gasteiger partial charge in [-0.3, -0.25) is 5.41 Å². The number of nitrogens with one attached hydrogen (secondary N) is 1. The molecule has 1 aliphatic heterocycles. The summed E-state index contributed by atoms with van der Waals surface area (Å²) in [7, 11) is 0. The molecule has 0 saturated carbocycles. The van der Waals surface area contributed by atoms with Gasteiger partial charge >= 0.3 is 0 Å². The molecule has 1 fully saturated rings. The van der Waals surface area contributed by atoms with Crippen molar-refractivity contribution in [3.8, 4) is 0 Å². The lowest BCUT2D eigenvalue weighted by atomic mass is 10.4. The van der Waals surface area contributed by atoms with Crippen LogP contribution < -0.4 is 5.73 Å². The van der Waals surface area contributed by atoms with E-state index in [1.165, 1.54) is 0 Å². The SMILES string of the molecule is CCCCOC(N)=NC(=N)N1CCCC1. The number of unbranched alkanes of at least 4 members (excludes halogenated alkanes) is 1. The van der Waals surface area contributed by atoms with Crippen LogP contribution in [0.4, 0.5) is 0 Å². The van der Waals surface area contributed by atoms with Gasteiger partial charge in [0.2, 0.25) is 5.96 Å². The molecular weight excluding hydrogens is 192 g/mol. The summed E-state index contributed by atoms with van der Waals surface area (Å²) in [5.41, 5.74) is 5.54. The Hall–Kier alpha value is -1.26. The molecule has 0 amide bonds. The van der Waals surface area contributed by atoms with E-state index in [1.807, 2.05) is 4.90 Å². The number of amidine groups is 1. The first-order chi connectivity index (χ1) is 7.24. The van der Waals surface area contributed by atoms with Crippen LogP contribution >= 0.6 is 0 Å². The minimum atomic E-state index is 0.111. The molecule has 1 rings (SSSR count). The zero-order valence-corrected chi connectivity index (χ0v) is 9.33. The molecule has 0 bridgehead atoms. The molecular formula is C10H20N4O. The van der Waals surface area contributed by atoms with Gasteiger partial charge in [0.1, 0.15) is 0 Å². The molecule has 0 aromatic carbocycles. The summed E-state index contributed by atoms with van der Waals surface area (Å²) >= 11 is 0. The van der Waals surface area contributed by atoms with Crippen molar-refractivity contribution in [1.29, 1.82) is 5.41 Å². The fraction of sp³-hybridized carbons (Fsp3) is 0.800. The van der Waals surface area contributed by atoms with Crippen LogP contribution in [0.5, 0.6) is 0 Å². The number of aliphatic imine (C=N–C) groups is 1. The zero-order valence-electron chi connectivity index (χ0n) is 9.33. The Balaban J connectivity index is 2.29. The Morgan fingerprint density at radius 3 is 2.73 bits per heavy atom. The maximum atomic E-state index is 7.68. The van der Waals surface area contributed by atoms with Crippen LogP contribution in [0.2, 0.25) is 0 Å². The second-order valence-corrected chi connectivity index (χ2v) is 3.67. The van der Waals surface area contributed by atoms with Crippen LogP contribution in [-0.4, -0.2) is 36.6 Å². The van der Waals surface area contributed by atoms with Crippen molar-refractivity contribution in [2.45, 2.75) is 32.6 Å². The van der Waals surface area contributed by atoms with Gasteiger partial charge in [0.25, 0.3) is 6.02 Å². The third kappa shape index (κ3) is 4.18. The van der Waals surface area contributed by atoms with E-state index in [4.69, 9.17) is 15.9 Å². The highest BCUT2D eigenvalue weighted by Gasteiger charge is 2.14. The van der Waals surface area contributed by atoms with Crippen LogP contribution in [0.15, 0.2) is 4.99 Å². The molecule has 86 valence electrons. The highest BCUT2D eigenvalue weighted by atomic mass is 16.5. The predicted octanol–water partition coefficient (Wildman–Crippen LogP) is 1.15. The summed E-state index contributed by atoms with van der Waals surface area (Å²) in [5.74, 6) is 0.224. The number of guanidine groups is 1. The second kappa shape index (κ2) is 6.27. The van der Waals surface area contributed by atoms with Crippen molar-refractivity contribution < 1.29 is 4.74 Å². The van der Waals surface area contributed by atoms with E-state index in [1.54, 1.807) is 0 Å². The van der Waals surface area contributed by atoms with Gasteiger partial charge < -0.3 is 15.4 Å². The number of ether oxygens (including phenoxy) is 1. The highest BCUT2D eigenvalue weighted by molar-refractivity contribution is 5.90. The van der Waals surface area contributed by atoms with Crippen molar-refractivity contribution in [2.24, 2.45) is 10.7 Å². The molecule has 0 radical (unpaired) electrons. The average Bonchev–Trinajstić information content (AvgIpc) is 2.70. The van der Waals surface area contributed by atoms with Gasteiger partial charge in [0, 0.05) is 13.1 Å². The first-order valence-corrected chi connectivity index (χ1v) is 5.54. The van der Waals surface area contributed by atoms with E-state index >= 15 is 0 Å². The highest BCUT2D eigenvalue weighted by Crippen LogP contribution is 2.07. The fourth-order valence-corrected chi connectivity index (χ4v) is 1.46. The monoisotopic (exact) mass is 212 g/mol. The molecule has 3 N–H and O–H groups in total. The Kier molecular flexibility index (Phi) is 4.93. The lowest BCUT2D eigenvalue weighted by Crippen LogP contribution is -2.28. The van der Waals surface area contributed by atoms with E-state index in [9.17, 15) is 0 Å². The quantitative estimate of drug-likeness (QED) is 0.418. The largest absolute Gasteiger partial charge is 0.465 e. The summed E-state index contributed by atoms with van der Waals surface area (Å²) in [6.07, 6.45) is 4.30. The number of hydrogen-bond donors (Lipinski definition) is 2. The van der Waals surface area contributed by atoms with Crippen molar-refractivity contribution in [3.05, 3.63) is 0 Å². The smallest absolute Gasteiger partial charge is 0.289 e. The lowest BCUT2D eigenvalue weighted by molar-refractivity contribution is 0.292. The Labute approximate surface area is 90.8 Å². The fourth-order valence-electron chi connectivity index (χ4n) is 1.46. The third-order valence-electron chi connectivity index (χ3n) is 2.37. The van der Waals surface area contributed by atoms with Crippen LogP contribution in [0.1, 0.15) is 32.6 Å². The Bertz CT molecular complexity index is 234. The van der Waals surface area contributed by atoms with E-state index in [0.717, 1.165) is 38.8 Å².